The first-order valence-electron chi connectivity index (χ1n) is 7.58. The third kappa shape index (κ3) is 7.31. The molecule has 0 aromatic heterocycles. The zero-order chi connectivity index (χ0) is 15.5. The van der Waals surface area contributed by atoms with Crippen molar-refractivity contribution in [1.29, 1.82) is 0 Å². The van der Waals surface area contributed by atoms with Crippen molar-refractivity contribution in [2.75, 3.05) is 6.54 Å². The Morgan fingerprint density at radius 2 is 1.95 bits per heavy atom. The van der Waals surface area contributed by atoms with Gasteiger partial charge in [-0.15, -0.1) is 0 Å². The van der Waals surface area contributed by atoms with E-state index in [0.29, 0.717) is 12.1 Å². The van der Waals surface area contributed by atoms with Crippen LogP contribution in [0, 0.1) is 6.07 Å². The number of hydrogen-bond acceptors (Lipinski definition) is 1. The van der Waals surface area contributed by atoms with E-state index in [0.717, 1.165) is 24.1 Å². The van der Waals surface area contributed by atoms with Crippen molar-refractivity contribution in [2.45, 2.75) is 46.1 Å². The molecular formula is C18H25N2O+. The molecule has 0 saturated heterocycles. The summed E-state index contributed by atoms with van der Waals surface area (Å²) in [5, 5.41) is 2.81. The van der Waals surface area contributed by atoms with Crippen molar-refractivity contribution >= 4 is 5.91 Å². The SMILES string of the molecule is C=C(C)C(=O)NCc1ccc(C#[N+]CCCCCC)cc1. The van der Waals surface area contributed by atoms with Gasteiger partial charge in [-0.1, -0.05) is 43.3 Å². The van der Waals surface area contributed by atoms with Gasteiger partial charge >= 0.3 is 6.07 Å². The average molecular weight is 285 g/mol. The van der Waals surface area contributed by atoms with Crippen LogP contribution in [0.25, 0.3) is 4.85 Å². The van der Waals surface area contributed by atoms with Gasteiger partial charge in [0.15, 0.2) is 0 Å². The van der Waals surface area contributed by atoms with E-state index in [1.165, 1.54) is 19.3 Å². The van der Waals surface area contributed by atoms with E-state index in [4.69, 9.17) is 0 Å². The second-order valence-corrected chi connectivity index (χ2v) is 5.21. The molecule has 3 heteroatoms. The van der Waals surface area contributed by atoms with Gasteiger partial charge in [-0.3, -0.25) is 4.79 Å². The van der Waals surface area contributed by atoms with Crippen molar-refractivity contribution in [2.24, 2.45) is 0 Å². The fraction of sp³-hybridized carbons (Fsp3) is 0.444. The monoisotopic (exact) mass is 285 g/mol. The maximum Gasteiger partial charge on any atom is 0.311 e. The summed E-state index contributed by atoms with van der Waals surface area (Å²) in [7, 11) is 0. The summed E-state index contributed by atoms with van der Waals surface area (Å²) in [6, 6.07) is 11.0. The molecule has 0 atom stereocenters. The van der Waals surface area contributed by atoms with Crippen LogP contribution in [0.5, 0.6) is 0 Å². The minimum atomic E-state index is -0.112. The van der Waals surface area contributed by atoms with Gasteiger partial charge in [0, 0.05) is 18.5 Å². The van der Waals surface area contributed by atoms with Gasteiger partial charge in [-0.05, 0) is 31.0 Å². The first kappa shape index (κ1) is 17.0. The summed E-state index contributed by atoms with van der Waals surface area (Å²) in [6.45, 7) is 8.87. The van der Waals surface area contributed by atoms with Crippen LogP contribution in [0.4, 0.5) is 0 Å². The molecule has 1 amide bonds. The molecule has 1 N–H and O–H groups in total. The lowest BCUT2D eigenvalue weighted by Crippen LogP contribution is -2.22. The Kier molecular flexibility index (Phi) is 7.89. The Balaban J connectivity index is 2.38. The van der Waals surface area contributed by atoms with E-state index in [1.54, 1.807) is 6.92 Å². The molecule has 1 aromatic carbocycles. The van der Waals surface area contributed by atoms with Crippen molar-refractivity contribution in [1.82, 2.24) is 5.32 Å². The molecule has 1 aromatic rings. The van der Waals surface area contributed by atoms with Crippen LogP contribution in [0.1, 0.15) is 50.7 Å². The van der Waals surface area contributed by atoms with Gasteiger partial charge in [-0.2, -0.15) is 0 Å². The molecule has 112 valence electrons. The number of rotatable bonds is 7. The fourth-order valence-electron chi connectivity index (χ4n) is 1.80. The number of carbonyl (C=O) groups is 1. The second kappa shape index (κ2) is 9.77. The Bertz CT molecular complexity index is 520. The molecule has 0 aliphatic heterocycles. The van der Waals surface area contributed by atoms with Gasteiger partial charge < -0.3 is 5.32 Å². The Morgan fingerprint density at radius 1 is 1.24 bits per heavy atom. The van der Waals surface area contributed by atoms with E-state index in [2.05, 4.69) is 29.7 Å². The third-order valence-electron chi connectivity index (χ3n) is 3.13. The van der Waals surface area contributed by atoms with E-state index in [-0.39, 0.29) is 5.91 Å². The second-order valence-electron chi connectivity index (χ2n) is 5.21. The number of benzene rings is 1. The highest BCUT2D eigenvalue weighted by Gasteiger charge is 2.02. The summed E-state index contributed by atoms with van der Waals surface area (Å²) in [5.74, 6) is -0.112. The molecule has 0 heterocycles. The number of nitrogens with one attached hydrogen (secondary N) is 1. The predicted octanol–water partition coefficient (Wildman–Crippen LogP) is 4.14. The third-order valence-corrected chi connectivity index (χ3v) is 3.13. The quantitative estimate of drug-likeness (QED) is 0.593. The van der Waals surface area contributed by atoms with Gasteiger partial charge in [0.05, 0.1) is 0 Å². The molecule has 0 unspecified atom stereocenters. The van der Waals surface area contributed by atoms with E-state index < -0.39 is 0 Å². The maximum atomic E-state index is 11.4. The number of nitrogens with zero attached hydrogens (tertiary/aromatic N) is 1. The topological polar surface area (TPSA) is 33.5 Å². The van der Waals surface area contributed by atoms with Crippen LogP contribution in [0.3, 0.4) is 0 Å². The summed E-state index contributed by atoms with van der Waals surface area (Å²) >= 11 is 0. The average Bonchev–Trinajstić information content (AvgIpc) is 2.49. The predicted molar refractivity (Wildman–Crippen MR) is 88.5 cm³/mol. The maximum absolute atomic E-state index is 11.4. The Morgan fingerprint density at radius 3 is 2.57 bits per heavy atom. The van der Waals surface area contributed by atoms with Crippen LogP contribution >= 0.6 is 0 Å². The smallest absolute Gasteiger partial charge is 0.311 e. The van der Waals surface area contributed by atoms with Crippen molar-refractivity contribution in [3.05, 3.63) is 52.4 Å². The van der Waals surface area contributed by atoms with E-state index in [9.17, 15) is 4.79 Å². The normalized spacial score (nSPS) is 9.62. The first-order valence-corrected chi connectivity index (χ1v) is 7.58. The molecule has 0 bridgehead atoms. The highest BCUT2D eigenvalue weighted by Crippen LogP contribution is 2.04. The van der Waals surface area contributed by atoms with Gasteiger partial charge in [-0.25, -0.2) is 0 Å². The molecule has 0 radical (unpaired) electrons. The Hall–Kier alpha value is -2.08. The van der Waals surface area contributed by atoms with Crippen molar-refractivity contribution < 1.29 is 4.79 Å². The lowest BCUT2D eigenvalue weighted by molar-refractivity contribution is -0.117. The Labute approximate surface area is 127 Å². The molecule has 3 nitrogen and oxygen atoms in total. The van der Waals surface area contributed by atoms with Gasteiger partial charge in [0.2, 0.25) is 5.91 Å². The number of carbonyl (C=O) groups excluding carboxylic acids is 1. The van der Waals surface area contributed by atoms with Crippen LogP contribution in [-0.2, 0) is 11.3 Å². The zero-order valence-electron chi connectivity index (χ0n) is 13.1. The molecule has 0 fully saturated rings. The molecule has 0 spiro atoms. The summed E-state index contributed by atoms with van der Waals surface area (Å²) in [6.07, 6.45) is 4.89. The summed E-state index contributed by atoms with van der Waals surface area (Å²) in [4.78, 5) is 15.7. The van der Waals surface area contributed by atoms with Crippen LogP contribution in [-0.4, -0.2) is 12.5 Å². The van der Waals surface area contributed by atoms with Crippen LogP contribution in [0.2, 0.25) is 0 Å². The van der Waals surface area contributed by atoms with Gasteiger partial charge in [0.25, 0.3) is 6.54 Å². The lowest BCUT2D eigenvalue weighted by atomic mass is 10.1. The van der Waals surface area contributed by atoms with Gasteiger partial charge in [0.1, 0.15) is 5.56 Å². The fourth-order valence-corrected chi connectivity index (χ4v) is 1.80. The first-order chi connectivity index (χ1) is 10.1. The summed E-state index contributed by atoms with van der Waals surface area (Å²) in [5.41, 5.74) is 2.55. The van der Waals surface area contributed by atoms with E-state index >= 15 is 0 Å². The largest absolute Gasteiger partial charge is 0.348 e. The molecule has 0 saturated carbocycles. The molecular weight excluding hydrogens is 260 g/mol. The van der Waals surface area contributed by atoms with E-state index in [1.807, 2.05) is 24.3 Å². The number of unbranched alkanes of at least 4 members (excludes halogenated alkanes) is 3. The molecule has 0 aliphatic rings. The minimum absolute atomic E-state index is 0.112. The highest BCUT2D eigenvalue weighted by atomic mass is 16.1. The standard InChI is InChI=1S/C18H24N2O/c1-4-5-6-7-12-19-13-16-8-10-17(11-9-16)14-20-18(21)15(2)3/h8-11H,2,4-7,12,14H2,1,3H3/p+1. The van der Waals surface area contributed by atoms with Crippen LogP contribution < -0.4 is 5.32 Å². The number of hydrogen-bond donors (Lipinski definition) is 1. The van der Waals surface area contributed by atoms with Crippen molar-refractivity contribution in [3.8, 4) is 6.07 Å². The highest BCUT2D eigenvalue weighted by molar-refractivity contribution is 5.91. The molecule has 1 rings (SSSR count). The number of amides is 1. The van der Waals surface area contributed by atoms with Crippen molar-refractivity contribution in [3.63, 3.8) is 0 Å². The lowest BCUT2D eigenvalue weighted by Gasteiger charge is -2.04. The molecule has 0 aliphatic carbocycles. The zero-order valence-corrected chi connectivity index (χ0v) is 13.1. The minimum Gasteiger partial charge on any atom is -0.348 e. The van der Waals surface area contributed by atoms with Crippen LogP contribution in [0.15, 0.2) is 36.4 Å². The molecule has 21 heavy (non-hydrogen) atoms. The summed E-state index contributed by atoms with van der Waals surface area (Å²) < 4.78 is 0.